The molecule has 1 aromatic rings. The Hall–Kier alpha value is -1.06. The van der Waals surface area contributed by atoms with Gasteiger partial charge in [-0.2, -0.15) is 0 Å². The molecule has 120 valence electrons. The Labute approximate surface area is 132 Å². The number of fused-ring (bicyclic) bond motifs is 5. The van der Waals surface area contributed by atoms with Crippen LogP contribution < -0.4 is 4.74 Å². The molecule has 3 nitrogen and oxygen atoms in total. The Morgan fingerprint density at radius 1 is 1.18 bits per heavy atom. The Morgan fingerprint density at radius 3 is 2.77 bits per heavy atom. The molecule has 0 spiro atoms. The number of rotatable bonds is 1. The molecule has 3 heteroatoms. The monoisotopic (exact) mass is 302 g/mol. The van der Waals surface area contributed by atoms with Crippen LogP contribution in [0.5, 0.6) is 5.75 Å². The molecule has 3 aliphatic carbocycles. The minimum absolute atomic E-state index is 0.102. The summed E-state index contributed by atoms with van der Waals surface area (Å²) in [4.78, 5) is 0. The van der Waals surface area contributed by atoms with Crippen LogP contribution >= 0.6 is 0 Å². The van der Waals surface area contributed by atoms with Gasteiger partial charge >= 0.3 is 0 Å². The largest absolute Gasteiger partial charge is 0.497 e. The first-order valence-corrected chi connectivity index (χ1v) is 8.56. The summed E-state index contributed by atoms with van der Waals surface area (Å²) in [7, 11) is 1.70. The van der Waals surface area contributed by atoms with Crippen LogP contribution in [0, 0.1) is 11.3 Å². The van der Waals surface area contributed by atoms with E-state index in [0.717, 1.165) is 44.3 Å². The van der Waals surface area contributed by atoms with Crippen molar-refractivity contribution in [2.75, 3.05) is 7.11 Å². The van der Waals surface area contributed by atoms with Crippen LogP contribution in [-0.4, -0.2) is 29.0 Å². The highest BCUT2D eigenvalue weighted by Crippen LogP contribution is 2.62. The second-order valence-corrected chi connectivity index (χ2v) is 7.80. The Morgan fingerprint density at radius 2 is 2.00 bits per heavy atom. The molecule has 2 N–H and O–H groups in total. The molecular weight excluding hydrogens is 276 g/mol. The molecule has 0 amide bonds. The summed E-state index contributed by atoms with van der Waals surface area (Å²) in [5, 5.41) is 22.0. The molecule has 5 atom stereocenters. The summed E-state index contributed by atoms with van der Waals surface area (Å²) in [6.07, 6.45) is 5.24. The smallest absolute Gasteiger partial charge is 0.119 e. The maximum Gasteiger partial charge on any atom is 0.119 e. The molecular formula is C19H26O3. The molecule has 2 fully saturated rings. The fourth-order valence-electron chi connectivity index (χ4n) is 5.70. The van der Waals surface area contributed by atoms with Gasteiger partial charge in [-0.3, -0.25) is 0 Å². The number of hydrogen-bond acceptors (Lipinski definition) is 3. The van der Waals surface area contributed by atoms with Crippen molar-refractivity contribution >= 4 is 0 Å². The first-order chi connectivity index (χ1) is 10.5. The molecule has 0 aliphatic heterocycles. The van der Waals surface area contributed by atoms with Gasteiger partial charge in [0.2, 0.25) is 0 Å². The zero-order chi connectivity index (χ0) is 15.5. The molecule has 2 saturated carbocycles. The lowest BCUT2D eigenvalue weighted by molar-refractivity contribution is -0.139. The highest BCUT2D eigenvalue weighted by atomic mass is 16.5. The van der Waals surface area contributed by atoms with E-state index in [9.17, 15) is 10.2 Å². The summed E-state index contributed by atoms with van der Waals surface area (Å²) in [6.45, 7) is 2.19. The minimum Gasteiger partial charge on any atom is -0.497 e. The lowest BCUT2D eigenvalue weighted by Crippen LogP contribution is -2.56. The predicted molar refractivity (Wildman–Crippen MR) is 85.1 cm³/mol. The van der Waals surface area contributed by atoms with Gasteiger partial charge in [0.1, 0.15) is 5.75 Å². The number of aliphatic hydroxyl groups excluding tert-OH is 1. The van der Waals surface area contributed by atoms with Crippen molar-refractivity contribution < 1.29 is 14.9 Å². The van der Waals surface area contributed by atoms with E-state index in [1.54, 1.807) is 7.11 Å². The number of aliphatic hydroxyl groups is 2. The first kappa shape index (κ1) is 14.5. The zero-order valence-corrected chi connectivity index (χ0v) is 13.5. The van der Waals surface area contributed by atoms with Crippen molar-refractivity contribution in [3.05, 3.63) is 29.3 Å². The van der Waals surface area contributed by atoms with Gasteiger partial charge in [0.25, 0.3) is 0 Å². The summed E-state index contributed by atoms with van der Waals surface area (Å²) in [6, 6.07) is 6.30. The van der Waals surface area contributed by atoms with E-state index < -0.39 is 5.60 Å². The van der Waals surface area contributed by atoms with Crippen molar-refractivity contribution in [1.29, 1.82) is 0 Å². The van der Waals surface area contributed by atoms with E-state index in [1.165, 1.54) is 11.1 Å². The molecule has 0 aromatic heterocycles. The lowest BCUT2D eigenvalue weighted by atomic mass is 9.53. The molecule has 0 bridgehead atoms. The molecule has 0 saturated heterocycles. The van der Waals surface area contributed by atoms with Gasteiger partial charge < -0.3 is 14.9 Å². The standard InChI is InChI=1S/C19H26O3/c1-18-9-8-15-14-4-3-13(22-2)11-12(14)7-10-19(15,21)16(18)5-6-17(18)20/h3-4,11,15-17,20-21H,5-10H2,1-2H3/t15-,16-,17+,18+,19-/m1/s1. The first-order valence-electron chi connectivity index (χ1n) is 8.56. The third-order valence-corrected chi connectivity index (χ3v) is 6.98. The molecule has 4 rings (SSSR count). The van der Waals surface area contributed by atoms with Gasteiger partial charge in [0, 0.05) is 5.92 Å². The Bertz CT molecular complexity index is 598. The Balaban J connectivity index is 1.75. The zero-order valence-electron chi connectivity index (χ0n) is 13.5. The molecule has 0 unspecified atom stereocenters. The van der Waals surface area contributed by atoms with Crippen LogP contribution in [0.2, 0.25) is 0 Å². The highest BCUT2D eigenvalue weighted by molar-refractivity contribution is 5.42. The number of hydrogen-bond donors (Lipinski definition) is 2. The third kappa shape index (κ3) is 1.75. The number of aryl methyl sites for hydroxylation is 1. The highest BCUT2D eigenvalue weighted by Gasteiger charge is 2.61. The van der Waals surface area contributed by atoms with Gasteiger partial charge in [-0.25, -0.2) is 0 Å². The number of methoxy groups -OCH3 is 1. The summed E-state index contributed by atoms with van der Waals surface area (Å²) in [5.74, 6) is 1.34. The van der Waals surface area contributed by atoms with Gasteiger partial charge in [0.05, 0.1) is 18.8 Å². The van der Waals surface area contributed by atoms with Gasteiger partial charge in [-0.05, 0) is 73.1 Å². The van der Waals surface area contributed by atoms with Crippen molar-refractivity contribution in [3.63, 3.8) is 0 Å². The molecule has 0 heterocycles. The van der Waals surface area contributed by atoms with Gasteiger partial charge in [0.15, 0.2) is 0 Å². The number of benzene rings is 1. The van der Waals surface area contributed by atoms with E-state index in [-0.39, 0.29) is 23.4 Å². The van der Waals surface area contributed by atoms with E-state index in [1.807, 2.05) is 6.07 Å². The van der Waals surface area contributed by atoms with Crippen LogP contribution in [0.25, 0.3) is 0 Å². The van der Waals surface area contributed by atoms with Crippen molar-refractivity contribution in [2.45, 2.75) is 63.1 Å². The normalized spacial score (nSPS) is 43.2. The molecule has 0 radical (unpaired) electrons. The van der Waals surface area contributed by atoms with Crippen LogP contribution in [0.3, 0.4) is 0 Å². The number of ether oxygens (including phenoxy) is 1. The average Bonchev–Trinajstić information content (AvgIpc) is 2.83. The fourth-order valence-corrected chi connectivity index (χ4v) is 5.70. The van der Waals surface area contributed by atoms with Crippen LogP contribution in [-0.2, 0) is 6.42 Å². The third-order valence-electron chi connectivity index (χ3n) is 6.98. The van der Waals surface area contributed by atoms with Crippen molar-refractivity contribution in [3.8, 4) is 5.75 Å². The SMILES string of the molecule is COc1ccc2c(c1)CC[C@@]1(O)[C@@H]2CC[C@@]2(C)[C@H]1CC[C@@H]2O. The minimum atomic E-state index is -0.647. The molecule has 3 aliphatic rings. The summed E-state index contributed by atoms with van der Waals surface area (Å²) in [5.41, 5.74) is 1.88. The topological polar surface area (TPSA) is 49.7 Å². The second kappa shape index (κ2) is 4.72. The predicted octanol–water partition coefficient (Wildman–Crippen LogP) is 3.03. The summed E-state index contributed by atoms with van der Waals surface area (Å²) < 4.78 is 5.35. The van der Waals surface area contributed by atoms with E-state index >= 15 is 0 Å². The van der Waals surface area contributed by atoms with Gasteiger partial charge in [-0.1, -0.05) is 13.0 Å². The average molecular weight is 302 g/mol. The fraction of sp³-hybridized carbons (Fsp3) is 0.684. The second-order valence-electron chi connectivity index (χ2n) is 7.80. The van der Waals surface area contributed by atoms with E-state index in [4.69, 9.17) is 4.74 Å². The lowest BCUT2D eigenvalue weighted by Gasteiger charge is -2.55. The van der Waals surface area contributed by atoms with Gasteiger partial charge in [-0.15, -0.1) is 0 Å². The Kier molecular flexibility index (Phi) is 3.11. The van der Waals surface area contributed by atoms with Crippen LogP contribution in [0.4, 0.5) is 0 Å². The maximum absolute atomic E-state index is 11.6. The van der Waals surface area contributed by atoms with E-state index in [0.29, 0.717) is 0 Å². The van der Waals surface area contributed by atoms with Crippen molar-refractivity contribution in [2.24, 2.45) is 11.3 Å². The molecule has 22 heavy (non-hydrogen) atoms. The summed E-state index contributed by atoms with van der Waals surface area (Å²) >= 11 is 0. The molecule has 1 aromatic carbocycles. The van der Waals surface area contributed by atoms with Crippen LogP contribution in [0.15, 0.2) is 18.2 Å². The maximum atomic E-state index is 11.6. The quantitative estimate of drug-likeness (QED) is 0.838. The van der Waals surface area contributed by atoms with E-state index in [2.05, 4.69) is 19.1 Å². The van der Waals surface area contributed by atoms with Crippen molar-refractivity contribution in [1.82, 2.24) is 0 Å². The van der Waals surface area contributed by atoms with Crippen LogP contribution in [0.1, 0.15) is 56.1 Å².